The molecular formula is C16H13Cl3N2O2. The van der Waals surface area contributed by atoms with Gasteiger partial charge in [-0.2, -0.15) is 0 Å². The molecule has 2 amide bonds. The van der Waals surface area contributed by atoms with E-state index >= 15 is 0 Å². The minimum atomic E-state index is -0.892. The van der Waals surface area contributed by atoms with Crippen molar-refractivity contribution >= 4 is 46.6 Å². The van der Waals surface area contributed by atoms with Crippen molar-refractivity contribution in [2.45, 2.75) is 12.5 Å². The molecule has 2 rings (SSSR count). The normalized spacial score (nSPS) is 11.8. The number of amides is 2. The Hall–Kier alpha value is -1.75. The fraction of sp³-hybridized carbons (Fsp3) is 0.125. The SMILES string of the molecule is NC(=O)[C@H](Cc1ccc(Cl)cc1Cl)NC(=O)c1ccc(Cl)cc1. The van der Waals surface area contributed by atoms with Crippen LogP contribution in [0.1, 0.15) is 15.9 Å². The van der Waals surface area contributed by atoms with E-state index in [0.717, 1.165) is 0 Å². The smallest absolute Gasteiger partial charge is 0.251 e. The lowest BCUT2D eigenvalue weighted by atomic mass is 10.0. The maximum Gasteiger partial charge on any atom is 0.251 e. The van der Waals surface area contributed by atoms with Crippen molar-refractivity contribution in [2.24, 2.45) is 5.73 Å². The van der Waals surface area contributed by atoms with Crippen LogP contribution in [0.3, 0.4) is 0 Å². The molecule has 0 heterocycles. The minimum absolute atomic E-state index is 0.171. The molecule has 0 spiro atoms. The Morgan fingerprint density at radius 2 is 1.61 bits per heavy atom. The summed E-state index contributed by atoms with van der Waals surface area (Å²) in [4.78, 5) is 23.8. The fourth-order valence-electron chi connectivity index (χ4n) is 1.97. The molecule has 0 fully saturated rings. The summed E-state index contributed by atoms with van der Waals surface area (Å²) < 4.78 is 0. The number of halogens is 3. The fourth-order valence-corrected chi connectivity index (χ4v) is 2.58. The van der Waals surface area contributed by atoms with Crippen molar-refractivity contribution in [3.05, 3.63) is 68.7 Å². The number of carbonyl (C=O) groups excluding carboxylic acids is 2. The number of nitrogens with two attached hydrogens (primary N) is 1. The molecule has 4 nitrogen and oxygen atoms in total. The quantitative estimate of drug-likeness (QED) is 0.844. The van der Waals surface area contributed by atoms with E-state index in [4.69, 9.17) is 40.5 Å². The van der Waals surface area contributed by atoms with Gasteiger partial charge in [0, 0.05) is 27.1 Å². The molecule has 0 aliphatic carbocycles. The Labute approximate surface area is 148 Å². The average Bonchev–Trinajstić information content (AvgIpc) is 2.49. The van der Waals surface area contributed by atoms with Crippen LogP contribution in [0.15, 0.2) is 42.5 Å². The van der Waals surface area contributed by atoms with Crippen LogP contribution in [0, 0.1) is 0 Å². The van der Waals surface area contributed by atoms with Gasteiger partial charge in [0.25, 0.3) is 5.91 Å². The average molecular weight is 372 g/mol. The molecule has 7 heteroatoms. The van der Waals surface area contributed by atoms with Gasteiger partial charge in [0.15, 0.2) is 0 Å². The van der Waals surface area contributed by atoms with Crippen LogP contribution in [0.2, 0.25) is 15.1 Å². The van der Waals surface area contributed by atoms with E-state index in [-0.39, 0.29) is 6.42 Å². The molecule has 0 aliphatic heterocycles. The van der Waals surface area contributed by atoms with Crippen molar-refractivity contribution < 1.29 is 9.59 Å². The number of rotatable bonds is 5. The van der Waals surface area contributed by atoms with Gasteiger partial charge in [0.05, 0.1) is 0 Å². The summed E-state index contributed by atoms with van der Waals surface area (Å²) in [6.45, 7) is 0. The van der Waals surface area contributed by atoms with Gasteiger partial charge in [0.1, 0.15) is 6.04 Å². The van der Waals surface area contributed by atoms with Gasteiger partial charge in [-0.05, 0) is 42.0 Å². The zero-order valence-electron chi connectivity index (χ0n) is 11.9. The third kappa shape index (κ3) is 4.86. The molecular weight excluding hydrogens is 359 g/mol. The molecule has 2 aromatic carbocycles. The highest BCUT2D eigenvalue weighted by molar-refractivity contribution is 6.35. The van der Waals surface area contributed by atoms with E-state index in [9.17, 15) is 9.59 Å². The van der Waals surface area contributed by atoms with Crippen molar-refractivity contribution in [3.63, 3.8) is 0 Å². The van der Waals surface area contributed by atoms with Crippen molar-refractivity contribution in [1.29, 1.82) is 0 Å². The van der Waals surface area contributed by atoms with Gasteiger partial charge in [0.2, 0.25) is 5.91 Å². The molecule has 0 saturated carbocycles. The van der Waals surface area contributed by atoms with Gasteiger partial charge in [-0.25, -0.2) is 0 Å². The molecule has 0 radical (unpaired) electrons. The molecule has 0 bridgehead atoms. The Kier molecular flexibility index (Phi) is 5.88. The lowest BCUT2D eigenvalue weighted by Gasteiger charge is -2.16. The van der Waals surface area contributed by atoms with Crippen molar-refractivity contribution in [3.8, 4) is 0 Å². The topological polar surface area (TPSA) is 72.2 Å². The molecule has 0 aliphatic rings. The van der Waals surface area contributed by atoms with Gasteiger partial charge in [-0.3, -0.25) is 9.59 Å². The maximum atomic E-state index is 12.2. The summed E-state index contributed by atoms with van der Waals surface area (Å²) in [6.07, 6.45) is 0.171. The third-order valence-electron chi connectivity index (χ3n) is 3.19. The largest absolute Gasteiger partial charge is 0.368 e. The van der Waals surface area contributed by atoms with Gasteiger partial charge in [-0.1, -0.05) is 40.9 Å². The highest BCUT2D eigenvalue weighted by atomic mass is 35.5. The molecule has 2 aromatic rings. The first-order valence-corrected chi connectivity index (χ1v) is 7.80. The molecule has 0 aromatic heterocycles. The molecule has 23 heavy (non-hydrogen) atoms. The van der Waals surface area contributed by atoms with Gasteiger partial charge >= 0.3 is 0 Å². The van der Waals surface area contributed by atoms with Crippen LogP contribution in [0.25, 0.3) is 0 Å². The first kappa shape index (κ1) is 17.6. The monoisotopic (exact) mass is 370 g/mol. The second-order valence-electron chi connectivity index (χ2n) is 4.88. The van der Waals surface area contributed by atoms with E-state index in [2.05, 4.69) is 5.32 Å². The van der Waals surface area contributed by atoms with E-state index in [1.54, 1.807) is 42.5 Å². The van der Waals surface area contributed by atoms with E-state index < -0.39 is 17.9 Å². The number of hydrogen-bond donors (Lipinski definition) is 2. The van der Waals surface area contributed by atoms with Crippen LogP contribution in [-0.4, -0.2) is 17.9 Å². The summed E-state index contributed by atoms with van der Waals surface area (Å²) >= 11 is 17.7. The van der Waals surface area contributed by atoms with Crippen LogP contribution >= 0.6 is 34.8 Å². The summed E-state index contributed by atoms with van der Waals surface area (Å²) in [5.74, 6) is -1.08. The third-order valence-corrected chi connectivity index (χ3v) is 4.03. The van der Waals surface area contributed by atoms with E-state index in [1.807, 2.05) is 0 Å². The molecule has 1 atom stereocenters. The highest BCUT2D eigenvalue weighted by Gasteiger charge is 2.20. The zero-order valence-corrected chi connectivity index (χ0v) is 14.1. The van der Waals surface area contributed by atoms with Gasteiger partial charge in [-0.15, -0.1) is 0 Å². The Morgan fingerprint density at radius 1 is 1.00 bits per heavy atom. The minimum Gasteiger partial charge on any atom is -0.368 e. The number of benzene rings is 2. The van der Waals surface area contributed by atoms with Crippen molar-refractivity contribution in [2.75, 3.05) is 0 Å². The first-order valence-electron chi connectivity index (χ1n) is 6.66. The van der Waals surface area contributed by atoms with Crippen molar-refractivity contribution in [1.82, 2.24) is 5.32 Å². The Bertz CT molecular complexity index is 733. The summed E-state index contributed by atoms with van der Waals surface area (Å²) in [5, 5.41) is 4.00. The predicted molar refractivity (Wildman–Crippen MR) is 92.1 cm³/mol. The lowest BCUT2D eigenvalue weighted by Crippen LogP contribution is -2.45. The van der Waals surface area contributed by atoms with Crippen LogP contribution in [0.4, 0.5) is 0 Å². The number of hydrogen-bond acceptors (Lipinski definition) is 2. The molecule has 0 unspecified atom stereocenters. The predicted octanol–water partition coefficient (Wildman–Crippen LogP) is 3.47. The Morgan fingerprint density at radius 3 is 2.17 bits per heavy atom. The standard InChI is InChI=1S/C16H13Cl3N2O2/c17-11-4-1-9(2-5-11)16(23)21-14(15(20)22)7-10-3-6-12(18)8-13(10)19/h1-6,8,14H,7H2,(H2,20,22)(H,21,23)/t14-/m0/s1. The molecule has 0 saturated heterocycles. The number of nitrogens with one attached hydrogen (secondary N) is 1. The highest BCUT2D eigenvalue weighted by Crippen LogP contribution is 2.22. The maximum absolute atomic E-state index is 12.2. The molecule has 120 valence electrons. The van der Waals surface area contributed by atoms with Crippen LogP contribution in [-0.2, 0) is 11.2 Å². The summed E-state index contributed by atoms with van der Waals surface area (Å²) in [6, 6.07) is 10.3. The van der Waals surface area contributed by atoms with Crippen LogP contribution < -0.4 is 11.1 Å². The lowest BCUT2D eigenvalue weighted by molar-refractivity contribution is -0.119. The second kappa shape index (κ2) is 7.68. The van der Waals surface area contributed by atoms with Crippen LogP contribution in [0.5, 0.6) is 0 Å². The summed E-state index contributed by atoms with van der Waals surface area (Å²) in [7, 11) is 0. The molecule has 3 N–H and O–H groups in total. The Balaban J connectivity index is 2.14. The first-order chi connectivity index (χ1) is 10.9. The number of primary amides is 1. The second-order valence-corrected chi connectivity index (χ2v) is 6.16. The zero-order chi connectivity index (χ0) is 17.0. The van der Waals surface area contributed by atoms with E-state index in [1.165, 1.54) is 0 Å². The van der Waals surface area contributed by atoms with Gasteiger partial charge < -0.3 is 11.1 Å². The number of carbonyl (C=O) groups is 2. The van der Waals surface area contributed by atoms with E-state index in [0.29, 0.717) is 26.2 Å². The summed E-state index contributed by atoms with van der Waals surface area (Å²) in [5.41, 5.74) is 6.41.